The van der Waals surface area contributed by atoms with Crippen LogP contribution in [0.5, 0.6) is 5.75 Å². The summed E-state index contributed by atoms with van der Waals surface area (Å²) in [6, 6.07) is 20.8. The SMILES string of the molecule is COCCOCN(CC1OC(c2ccccc2O)=CN1c1onc(C)c1C)S(=O)(=O)c1ccccc1-c1ccc(-c2ncco2)cc1. The molecule has 0 radical (unpaired) electrons. The Balaban J connectivity index is 1.36. The van der Waals surface area contributed by atoms with Crippen molar-refractivity contribution >= 4 is 21.7 Å². The number of aryl methyl sites for hydroxylation is 1. The number of benzene rings is 3. The van der Waals surface area contributed by atoms with E-state index in [1.165, 1.54) is 10.6 Å². The molecule has 47 heavy (non-hydrogen) atoms. The van der Waals surface area contributed by atoms with E-state index in [1.54, 1.807) is 72.9 Å². The number of sulfonamides is 1. The maximum atomic E-state index is 14.6. The second kappa shape index (κ2) is 13.8. The molecule has 1 aliphatic heterocycles. The number of para-hydroxylation sites is 1. The fraction of sp³-hybridized carbons (Fsp3) is 0.235. The van der Waals surface area contributed by atoms with Crippen molar-refractivity contribution in [1.29, 1.82) is 0 Å². The van der Waals surface area contributed by atoms with Crippen molar-refractivity contribution in [3.05, 3.63) is 108 Å². The van der Waals surface area contributed by atoms with E-state index in [0.29, 0.717) is 39.9 Å². The van der Waals surface area contributed by atoms with Gasteiger partial charge in [0.1, 0.15) is 24.5 Å². The Kier molecular flexibility index (Phi) is 9.41. The van der Waals surface area contributed by atoms with Crippen molar-refractivity contribution in [2.24, 2.45) is 0 Å². The van der Waals surface area contributed by atoms with Gasteiger partial charge in [-0.1, -0.05) is 47.6 Å². The highest BCUT2D eigenvalue weighted by molar-refractivity contribution is 7.89. The first-order valence-corrected chi connectivity index (χ1v) is 16.3. The molecule has 1 aliphatic rings. The van der Waals surface area contributed by atoms with Gasteiger partial charge in [0.25, 0.3) is 0 Å². The topological polar surface area (TPSA) is 141 Å². The summed E-state index contributed by atoms with van der Waals surface area (Å²) in [4.78, 5) is 5.96. The fourth-order valence-corrected chi connectivity index (χ4v) is 6.68. The minimum atomic E-state index is -4.20. The first kappa shape index (κ1) is 32.0. The number of rotatable bonds is 13. The Morgan fingerprint density at radius 1 is 0.957 bits per heavy atom. The molecule has 6 rings (SSSR count). The Morgan fingerprint density at radius 3 is 2.36 bits per heavy atom. The lowest BCUT2D eigenvalue weighted by atomic mass is 10.0. The van der Waals surface area contributed by atoms with Crippen molar-refractivity contribution in [3.63, 3.8) is 0 Å². The zero-order chi connectivity index (χ0) is 33.0. The lowest BCUT2D eigenvalue weighted by Crippen LogP contribution is -2.44. The van der Waals surface area contributed by atoms with Gasteiger partial charge < -0.3 is 28.3 Å². The normalized spacial score (nSPS) is 14.9. The number of aromatic nitrogens is 2. The number of ether oxygens (including phenoxy) is 3. The number of phenolic OH excluding ortho intramolecular Hbond substituents is 1. The van der Waals surface area contributed by atoms with E-state index in [-0.39, 0.29) is 37.1 Å². The number of methoxy groups -OCH3 is 1. The molecule has 3 aromatic carbocycles. The molecule has 0 saturated heterocycles. The van der Waals surface area contributed by atoms with Gasteiger partial charge in [-0.25, -0.2) is 13.4 Å². The molecular formula is C34H34N4O8S. The molecule has 244 valence electrons. The molecule has 3 heterocycles. The monoisotopic (exact) mass is 658 g/mol. The van der Waals surface area contributed by atoms with Crippen LogP contribution in [0.2, 0.25) is 0 Å². The van der Waals surface area contributed by atoms with E-state index in [4.69, 9.17) is 23.2 Å². The van der Waals surface area contributed by atoms with Gasteiger partial charge in [0.05, 0.1) is 48.3 Å². The molecular weight excluding hydrogens is 624 g/mol. The van der Waals surface area contributed by atoms with Crippen LogP contribution in [-0.4, -0.2) is 67.8 Å². The number of aromatic hydroxyl groups is 1. The molecule has 0 bridgehead atoms. The van der Waals surface area contributed by atoms with Crippen LogP contribution in [-0.2, 0) is 24.2 Å². The Hall–Kier alpha value is -4.95. The molecule has 1 unspecified atom stereocenters. The highest BCUT2D eigenvalue weighted by Gasteiger charge is 2.38. The number of hydrogen-bond acceptors (Lipinski definition) is 11. The molecule has 2 aromatic heterocycles. The molecule has 1 atom stereocenters. The predicted octanol–water partition coefficient (Wildman–Crippen LogP) is 5.79. The Labute approximate surface area is 272 Å². The van der Waals surface area contributed by atoms with E-state index in [9.17, 15) is 13.5 Å². The summed E-state index contributed by atoms with van der Waals surface area (Å²) in [6.45, 7) is 3.68. The third kappa shape index (κ3) is 6.65. The minimum Gasteiger partial charge on any atom is -0.507 e. The lowest BCUT2D eigenvalue weighted by Gasteiger charge is -2.29. The molecule has 0 spiro atoms. The van der Waals surface area contributed by atoms with Crippen molar-refractivity contribution in [2.45, 2.75) is 25.0 Å². The zero-order valence-corrected chi connectivity index (χ0v) is 26.9. The van der Waals surface area contributed by atoms with Gasteiger partial charge in [-0.15, -0.1) is 0 Å². The van der Waals surface area contributed by atoms with Gasteiger partial charge >= 0.3 is 0 Å². The number of anilines is 1. The zero-order valence-electron chi connectivity index (χ0n) is 26.1. The predicted molar refractivity (Wildman–Crippen MR) is 173 cm³/mol. The van der Waals surface area contributed by atoms with E-state index in [1.807, 2.05) is 38.1 Å². The van der Waals surface area contributed by atoms with Crippen molar-refractivity contribution in [1.82, 2.24) is 14.4 Å². The lowest BCUT2D eigenvalue weighted by molar-refractivity contribution is 0.0219. The van der Waals surface area contributed by atoms with E-state index in [0.717, 1.165) is 11.1 Å². The fourth-order valence-electron chi connectivity index (χ4n) is 5.15. The summed E-state index contributed by atoms with van der Waals surface area (Å²) in [5.41, 5.74) is 3.84. The third-order valence-electron chi connectivity index (χ3n) is 7.77. The highest BCUT2D eigenvalue weighted by Crippen LogP contribution is 2.38. The van der Waals surface area contributed by atoms with Gasteiger partial charge in [-0.3, -0.25) is 4.90 Å². The number of phenols is 1. The van der Waals surface area contributed by atoms with Crippen LogP contribution >= 0.6 is 0 Å². The number of nitrogens with zero attached hydrogens (tertiary/aromatic N) is 4. The second-order valence-electron chi connectivity index (χ2n) is 10.8. The largest absolute Gasteiger partial charge is 0.507 e. The van der Waals surface area contributed by atoms with Gasteiger partial charge in [-0.2, -0.15) is 4.31 Å². The summed E-state index contributed by atoms with van der Waals surface area (Å²) in [5.74, 6) is 1.21. The number of oxazole rings is 1. The first-order chi connectivity index (χ1) is 22.8. The summed E-state index contributed by atoms with van der Waals surface area (Å²) < 4.78 is 58.7. The van der Waals surface area contributed by atoms with E-state index >= 15 is 0 Å². The molecule has 12 nitrogen and oxygen atoms in total. The molecule has 13 heteroatoms. The van der Waals surface area contributed by atoms with Crippen molar-refractivity contribution < 1.29 is 36.7 Å². The van der Waals surface area contributed by atoms with Crippen LogP contribution in [0.15, 0.2) is 105 Å². The maximum Gasteiger partial charge on any atom is 0.245 e. The maximum absolute atomic E-state index is 14.6. The molecule has 1 N–H and O–H groups in total. The van der Waals surface area contributed by atoms with Crippen molar-refractivity contribution in [2.75, 3.05) is 38.5 Å². The van der Waals surface area contributed by atoms with Gasteiger partial charge in [0, 0.05) is 23.8 Å². The third-order valence-corrected chi connectivity index (χ3v) is 9.62. The van der Waals surface area contributed by atoms with Crippen LogP contribution in [0.1, 0.15) is 16.8 Å². The summed E-state index contributed by atoms with van der Waals surface area (Å²) in [5, 5.41) is 14.7. The Morgan fingerprint density at radius 2 is 1.68 bits per heavy atom. The van der Waals surface area contributed by atoms with Crippen LogP contribution < -0.4 is 4.90 Å². The van der Waals surface area contributed by atoms with E-state index in [2.05, 4.69) is 10.1 Å². The molecule has 0 saturated carbocycles. The van der Waals surface area contributed by atoms with E-state index < -0.39 is 16.3 Å². The molecule has 0 amide bonds. The molecule has 5 aromatic rings. The Bertz CT molecular complexity index is 1960. The van der Waals surface area contributed by atoms with Crippen LogP contribution in [0.25, 0.3) is 28.3 Å². The van der Waals surface area contributed by atoms with Crippen LogP contribution in [0.4, 0.5) is 5.88 Å². The average Bonchev–Trinajstić information content (AvgIpc) is 3.84. The summed E-state index contributed by atoms with van der Waals surface area (Å²) in [6.07, 6.45) is 3.83. The standard InChI is InChI=1S/C34H34N4O8S/c1-23-24(2)36-46-34(23)38-20-30(28-9-4-6-10-29(28)39)45-32(38)21-37(22-43-19-18-42-3)47(40,41)31-11-7-5-8-27(31)25-12-14-26(15-13-25)33-35-16-17-44-33/h4-17,20,32,39H,18-19,21-22H2,1-3H3. The number of hydrogen-bond donors (Lipinski definition) is 1. The highest BCUT2D eigenvalue weighted by atomic mass is 32.2. The van der Waals surface area contributed by atoms with Crippen LogP contribution in [0, 0.1) is 13.8 Å². The van der Waals surface area contributed by atoms with Gasteiger partial charge in [0.15, 0.2) is 6.23 Å². The average molecular weight is 659 g/mol. The van der Waals surface area contributed by atoms with Gasteiger partial charge in [-0.05, 0) is 49.7 Å². The summed E-state index contributed by atoms with van der Waals surface area (Å²) in [7, 11) is -2.66. The second-order valence-corrected chi connectivity index (χ2v) is 12.7. The molecule has 0 fully saturated rings. The minimum absolute atomic E-state index is 0.0139. The first-order valence-electron chi connectivity index (χ1n) is 14.8. The summed E-state index contributed by atoms with van der Waals surface area (Å²) >= 11 is 0. The van der Waals surface area contributed by atoms with Crippen LogP contribution in [0.3, 0.4) is 0 Å². The quantitative estimate of drug-likeness (QED) is 0.121. The van der Waals surface area contributed by atoms with Crippen molar-refractivity contribution in [3.8, 4) is 28.3 Å². The molecule has 0 aliphatic carbocycles. The smallest absolute Gasteiger partial charge is 0.245 e. The van der Waals surface area contributed by atoms with Gasteiger partial charge in [0.2, 0.25) is 21.8 Å².